The smallest absolute Gasteiger partial charge is 0.245 e. The molecule has 0 aromatic carbocycles. The van der Waals surface area contributed by atoms with Crippen LogP contribution in [0.15, 0.2) is 0 Å². The molecule has 10 nitrogen and oxygen atoms in total. The first-order valence-corrected chi connectivity index (χ1v) is 8.51. The summed E-state index contributed by atoms with van der Waals surface area (Å²) in [6.45, 7) is 2.89. The van der Waals surface area contributed by atoms with Crippen LogP contribution in [0.2, 0.25) is 0 Å². The number of carbonyl (C=O) groups excluding carboxylic acids is 4. The zero-order valence-corrected chi connectivity index (χ0v) is 15.9. The van der Waals surface area contributed by atoms with Crippen molar-refractivity contribution >= 4 is 23.6 Å². The Kier molecular flexibility index (Phi) is 11.2. The van der Waals surface area contributed by atoms with Crippen LogP contribution in [-0.4, -0.2) is 79.0 Å². The minimum atomic E-state index is -1.15. The van der Waals surface area contributed by atoms with Crippen LogP contribution in [-0.2, 0) is 19.2 Å². The molecule has 4 amide bonds. The second kappa shape index (κ2) is 12.2. The Morgan fingerprint density at radius 1 is 1.00 bits per heavy atom. The molecule has 0 fully saturated rings. The van der Waals surface area contributed by atoms with Gasteiger partial charge in [-0.05, 0) is 46.8 Å². The molecule has 0 rings (SSSR count). The summed E-state index contributed by atoms with van der Waals surface area (Å²) in [7, 11) is 3.86. The van der Waals surface area contributed by atoms with E-state index in [1.807, 2.05) is 19.0 Å². The predicted molar refractivity (Wildman–Crippen MR) is 95.8 cm³/mol. The van der Waals surface area contributed by atoms with E-state index in [0.29, 0.717) is 12.8 Å². The Labute approximate surface area is 153 Å². The largest absolute Gasteiger partial charge is 0.394 e. The SMILES string of the molecule is CC(=O)N[C@H](CO)C(=O)N[C@@H](CCCCN(C)C)C(=O)N[C@@H](C)C(N)=O. The van der Waals surface area contributed by atoms with Crippen molar-refractivity contribution in [2.24, 2.45) is 5.73 Å². The van der Waals surface area contributed by atoms with Gasteiger partial charge < -0.3 is 31.7 Å². The van der Waals surface area contributed by atoms with Crippen molar-refractivity contribution in [2.75, 3.05) is 27.2 Å². The van der Waals surface area contributed by atoms with Crippen LogP contribution >= 0.6 is 0 Å². The van der Waals surface area contributed by atoms with Gasteiger partial charge in [0.1, 0.15) is 18.1 Å². The molecule has 0 aromatic heterocycles. The molecule has 0 aliphatic carbocycles. The van der Waals surface area contributed by atoms with Gasteiger partial charge in [0.2, 0.25) is 23.6 Å². The van der Waals surface area contributed by atoms with E-state index in [-0.39, 0.29) is 0 Å². The maximum atomic E-state index is 12.4. The molecular weight excluding hydrogens is 342 g/mol. The van der Waals surface area contributed by atoms with Crippen LogP contribution in [0.4, 0.5) is 0 Å². The fourth-order valence-electron chi connectivity index (χ4n) is 2.14. The number of aliphatic hydroxyl groups is 1. The van der Waals surface area contributed by atoms with E-state index >= 15 is 0 Å². The number of carbonyl (C=O) groups is 4. The molecule has 0 saturated carbocycles. The van der Waals surface area contributed by atoms with Gasteiger partial charge in [0.25, 0.3) is 0 Å². The highest BCUT2D eigenvalue weighted by atomic mass is 16.3. The lowest BCUT2D eigenvalue weighted by molar-refractivity contribution is -0.133. The minimum Gasteiger partial charge on any atom is -0.394 e. The Morgan fingerprint density at radius 3 is 2.04 bits per heavy atom. The average molecular weight is 373 g/mol. The monoisotopic (exact) mass is 373 g/mol. The molecule has 150 valence electrons. The Bertz CT molecular complexity index is 497. The molecule has 0 heterocycles. The van der Waals surface area contributed by atoms with Crippen LogP contribution in [0.5, 0.6) is 0 Å². The summed E-state index contributed by atoms with van der Waals surface area (Å²) in [5.74, 6) is -2.40. The standard InChI is InChI=1S/C16H31N5O5/c1-10(14(17)24)18-15(25)12(7-5-6-8-21(3)4)20-16(26)13(9-22)19-11(2)23/h10,12-13,22H,5-9H2,1-4H3,(H2,17,24)(H,18,25)(H,19,23)(H,20,26)/t10-,12-,13+/m0/s1. The highest BCUT2D eigenvalue weighted by Crippen LogP contribution is 2.04. The fraction of sp³-hybridized carbons (Fsp3) is 0.750. The van der Waals surface area contributed by atoms with Crippen LogP contribution in [0.1, 0.15) is 33.1 Å². The van der Waals surface area contributed by atoms with Crippen molar-refractivity contribution in [1.82, 2.24) is 20.9 Å². The lowest BCUT2D eigenvalue weighted by Gasteiger charge is -2.23. The van der Waals surface area contributed by atoms with Gasteiger partial charge in [-0.15, -0.1) is 0 Å². The van der Waals surface area contributed by atoms with Crippen molar-refractivity contribution in [3.63, 3.8) is 0 Å². The maximum absolute atomic E-state index is 12.4. The van der Waals surface area contributed by atoms with E-state index in [1.165, 1.54) is 13.8 Å². The highest BCUT2D eigenvalue weighted by Gasteiger charge is 2.27. The number of hydrogen-bond acceptors (Lipinski definition) is 6. The van der Waals surface area contributed by atoms with Crippen LogP contribution in [0.25, 0.3) is 0 Å². The minimum absolute atomic E-state index is 0.342. The van der Waals surface area contributed by atoms with Crippen LogP contribution < -0.4 is 21.7 Å². The molecule has 0 radical (unpaired) electrons. The molecule has 6 N–H and O–H groups in total. The predicted octanol–water partition coefficient (Wildman–Crippen LogP) is -2.31. The molecule has 0 aliphatic rings. The van der Waals surface area contributed by atoms with Gasteiger partial charge >= 0.3 is 0 Å². The fourth-order valence-corrected chi connectivity index (χ4v) is 2.14. The molecule has 3 atom stereocenters. The summed E-state index contributed by atoms with van der Waals surface area (Å²) in [6.07, 6.45) is 1.81. The molecular formula is C16H31N5O5. The Balaban J connectivity index is 4.93. The normalized spacial score (nSPS) is 14.2. The third-order valence-corrected chi connectivity index (χ3v) is 3.64. The van der Waals surface area contributed by atoms with E-state index in [9.17, 15) is 24.3 Å². The number of unbranched alkanes of at least 4 members (excludes halogenated alkanes) is 1. The number of primary amides is 1. The van der Waals surface area contributed by atoms with Gasteiger partial charge in [-0.3, -0.25) is 19.2 Å². The number of amides is 4. The molecule has 26 heavy (non-hydrogen) atoms. The molecule has 0 aromatic rings. The Morgan fingerprint density at radius 2 is 1.58 bits per heavy atom. The van der Waals surface area contributed by atoms with E-state index in [1.54, 1.807) is 0 Å². The van der Waals surface area contributed by atoms with E-state index in [0.717, 1.165) is 13.0 Å². The number of nitrogens with two attached hydrogens (primary N) is 1. The summed E-state index contributed by atoms with van der Waals surface area (Å²) >= 11 is 0. The summed E-state index contributed by atoms with van der Waals surface area (Å²) in [5.41, 5.74) is 5.14. The van der Waals surface area contributed by atoms with E-state index in [2.05, 4.69) is 16.0 Å². The summed E-state index contributed by atoms with van der Waals surface area (Å²) in [6, 6.07) is -2.94. The third-order valence-electron chi connectivity index (χ3n) is 3.64. The van der Waals surface area contributed by atoms with Gasteiger partial charge in [0, 0.05) is 6.92 Å². The summed E-state index contributed by atoms with van der Waals surface area (Å²) in [5, 5.41) is 16.5. The first kappa shape index (κ1) is 23.8. The lowest BCUT2D eigenvalue weighted by atomic mass is 10.1. The lowest BCUT2D eigenvalue weighted by Crippen LogP contribution is -2.56. The second-order valence-corrected chi connectivity index (χ2v) is 6.43. The van der Waals surface area contributed by atoms with Crippen LogP contribution in [0, 0.1) is 0 Å². The van der Waals surface area contributed by atoms with Gasteiger partial charge in [-0.25, -0.2) is 0 Å². The van der Waals surface area contributed by atoms with Gasteiger partial charge in [0.15, 0.2) is 0 Å². The van der Waals surface area contributed by atoms with Crippen molar-refractivity contribution < 1.29 is 24.3 Å². The molecule has 0 saturated heterocycles. The number of nitrogens with zero attached hydrogens (tertiary/aromatic N) is 1. The zero-order valence-electron chi connectivity index (χ0n) is 15.9. The van der Waals surface area contributed by atoms with E-state index < -0.39 is 48.4 Å². The van der Waals surface area contributed by atoms with Crippen molar-refractivity contribution in [3.05, 3.63) is 0 Å². The number of nitrogens with one attached hydrogen (secondary N) is 3. The second-order valence-electron chi connectivity index (χ2n) is 6.43. The van der Waals surface area contributed by atoms with Gasteiger partial charge in [-0.2, -0.15) is 0 Å². The average Bonchev–Trinajstić information content (AvgIpc) is 2.54. The quantitative estimate of drug-likeness (QED) is 0.242. The molecule has 0 spiro atoms. The third kappa shape index (κ3) is 9.94. The highest BCUT2D eigenvalue weighted by molar-refractivity contribution is 5.93. The van der Waals surface area contributed by atoms with Crippen molar-refractivity contribution in [1.29, 1.82) is 0 Å². The number of hydrogen-bond donors (Lipinski definition) is 5. The topological polar surface area (TPSA) is 154 Å². The van der Waals surface area contributed by atoms with Gasteiger partial charge in [-0.1, -0.05) is 0 Å². The Hall–Kier alpha value is -2.20. The first-order valence-electron chi connectivity index (χ1n) is 8.51. The van der Waals surface area contributed by atoms with Crippen molar-refractivity contribution in [2.45, 2.75) is 51.2 Å². The summed E-state index contributed by atoms with van der Waals surface area (Å²) in [4.78, 5) is 48.8. The van der Waals surface area contributed by atoms with Gasteiger partial charge in [0.05, 0.1) is 6.61 Å². The maximum Gasteiger partial charge on any atom is 0.245 e. The number of aliphatic hydroxyl groups excluding tert-OH is 1. The molecule has 10 heteroatoms. The van der Waals surface area contributed by atoms with Crippen molar-refractivity contribution in [3.8, 4) is 0 Å². The van der Waals surface area contributed by atoms with E-state index in [4.69, 9.17) is 5.73 Å². The molecule has 0 unspecified atom stereocenters. The summed E-state index contributed by atoms with van der Waals surface area (Å²) < 4.78 is 0. The molecule has 0 bridgehead atoms. The first-order chi connectivity index (χ1) is 12.1. The zero-order chi connectivity index (χ0) is 20.3. The van der Waals surface area contributed by atoms with Crippen LogP contribution in [0.3, 0.4) is 0 Å². The molecule has 0 aliphatic heterocycles. The number of rotatable bonds is 12.